The SMILES string of the molecule is COC(=O)c1ccc(NC(=O)CSc2nnc(-c3ccccc3F)n2N)cc1. The summed E-state index contributed by atoms with van der Waals surface area (Å²) in [6, 6.07) is 12.4. The highest BCUT2D eigenvalue weighted by atomic mass is 32.2. The van der Waals surface area contributed by atoms with Crippen molar-refractivity contribution in [1.82, 2.24) is 14.9 Å². The molecule has 3 rings (SSSR count). The van der Waals surface area contributed by atoms with Crippen molar-refractivity contribution in [2.45, 2.75) is 5.16 Å². The lowest BCUT2D eigenvalue weighted by molar-refractivity contribution is -0.113. The first-order valence-corrected chi connectivity index (χ1v) is 9.04. The summed E-state index contributed by atoms with van der Waals surface area (Å²) >= 11 is 1.06. The number of carbonyl (C=O) groups is 2. The molecule has 3 N–H and O–H groups in total. The molecular formula is C18H16FN5O3S. The Morgan fingerprint density at radius 3 is 2.57 bits per heavy atom. The molecule has 0 unspecified atom stereocenters. The normalized spacial score (nSPS) is 10.5. The summed E-state index contributed by atoms with van der Waals surface area (Å²) < 4.78 is 19.6. The number of methoxy groups -OCH3 is 1. The Morgan fingerprint density at radius 2 is 1.89 bits per heavy atom. The molecule has 0 saturated carbocycles. The maximum atomic E-state index is 13.9. The van der Waals surface area contributed by atoms with E-state index >= 15 is 0 Å². The van der Waals surface area contributed by atoms with Gasteiger partial charge in [-0.05, 0) is 36.4 Å². The van der Waals surface area contributed by atoms with Crippen LogP contribution in [0.1, 0.15) is 10.4 Å². The number of esters is 1. The van der Waals surface area contributed by atoms with Crippen LogP contribution < -0.4 is 11.2 Å². The summed E-state index contributed by atoms with van der Waals surface area (Å²) in [5.74, 6) is 4.89. The van der Waals surface area contributed by atoms with E-state index in [0.717, 1.165) is 16.4 Å². The van der Waals surface area contributed by atoms with E-state index in [1.54, 1.807) is 42.5 Å². The molecule has 3 aromatic rings. The molecule has 2 aromatic carbocycles. The number of ether oxygens (including phenoxy) is 1. The lowest BCUT2D eigenvalue weighted by atomic mass is 10.2. The fourth-order valence-electron chi connectivity index (χ4n) is 2.34. The van der Waals surface area contributed by atoms with Crippen molar-refractivity contribution in [3.05, 3.63) is 59.9 Å². The van der Waals surface area contributed by atoms with Gasteiger partial charge in [-0.15, -0.1) is 10.2 Å². The Balaban J connectivity index is 1.61. The first kappa shape index (κ1) is 19.4. The van der Waals surface area contributed by atoms with Gasteiger partial charge in [0.2, 0.25) is 11.1 Å². The number of hydrogen-bond donors (Lipinski definition) is 2. The second kappa shape index (κ2) is 8.53. The number of carbonyl (C=O) groups excluding carboxylic acids is 2. The quantitative estimate of drug-likeness (QED) is 0.370. The van der Waals surface area contributed by atoms with Crippen LogP contribution in [0.4, 0.5) is 10.1 Å². The molecule has 0 saturated heterocycles. The number of nitrogens with one attached hydrogen (secondary N) is 1. The van der Waals surface area contributed by atoms with Gasteiger partial charge in [-0.2, -0.15) is 0 Å². The minimum absolute atomic E-state index is 0.0192. The molecule has 0 aliphatic rings. The van der Waals surface area contributed by atoms with Gasteiger partial charge in [-0.3, -0.25) is 4.79 Å². The van der Waals surface area contributed by atoms with Crippen LogP contribution in [0.25, 0.3) is 11.4 Å². The maximum absolute atomic E-state index is 13.9. The van der Waals surface area contributed by atoms with Crippen LogP contribution in [0.3, 0.4) is 0 Å². The molecule has 0 atom stereocenters. The summed E-state index contributed by atoms with van der Waals surface area (Å²) in [4.78, 5) is 23.5. The van der Waals surface area contributed by atoms with Crippen molar-refractivity contribution < 1.29 is 18.7 Å². The van der Waals surface area contributed by atoms with Crippen molar-refractivity contribution in [1.29, 1.82) is 0 Å². The third-order valence-electron chi connectivity index (χ3n) is 3.70. The topological polar surface area (TPSA) is 112 Å². The third-order valence-corrected chi connectivity index (χ3v) is 4.64. The van der Waals surface area contributed by atoms with Crippen LogP contribution in [0.15, 0.2) is 53.7 Å². The lowest BCUT2D eigenvalue weighted by Gasteiger charge is -2.06. The minimum atomic E-state index is -0.466. The highest BCUT2D eigenvalue weighted by Crippen LogP contribution is 2.23. The van der Waals surface area contributed by atoms with Gasteiger partial charge in [-0.25, -0.2) is 13.9 Å². The first-order chi connectivity index (χ1) is 13.5. The predicted octanol–water partition coefficient (Wildman–Crippen LogP) is 2.32. The van der Waals surface area contributed by atoms with Crippen LogP contribution in [-0.4, -0.2) is 39.6 Å². The molecule has 8 nitrogen and oxygen atoms in total. The summed E-state index contributed by atoms with van der Waals surface area (Å²) in [6.07, 6.45) is 0. The highest BCUT2D eigenvalue weighted by Gasteiger charge is 2.16. The third kappa shape index (κ3) is 4.29. The molecule has 1 amide bonds. The number of thioether (sulfide) groups is 1. The second-order valence-corrected chi connectivity index (χ2v) is 6.50. The van der Waals surface area contributed by atoms with E-state index in [1.807, 2.05) is 0 Å². The van der Waals surface area contributed by atoms with Gasteiger partial charge >= 0.3 is 5.97 Å². The van der Waals surface area contributed by atoms with E-state index in [-0.39, 0.29) is 28.2 Å². The number of nitrogens with two attached hydrogens (primary N) is 1. The zero-order valence-corrected chi connectivity index (χ0v) is 15.6. The van der Waals surface area contributed by atoms with E-state index < -0.39 is 11.8 Å². The Kier molecular flexibility index (Phi) is 5.90. The van der Waals surface area contributed by atoms with Crippen LogP contribution in [0.5, 0.6) is 0 Å². The molecule has 0 aliphatic carbocycles. The van der Waals surface area contributed by atoms with Gasteiger partial charge in [0.1, 0.15) is 5.82 Å². The smallest absolute Gasteiger partial charge is 0.337 e. The van der Waals surface area contributed by atoms with Gasteiger partial charge < -0.3 is 15.9 Å². The molecule has 1 heterocycles. The van der Waals surface area contributed by atoms with E-state index in [4.69, 9.17) is 5.84 Å². The molecule has 10 heteroatoms. The van der Waals surface area contributed by atoms with Crippen LogP contribution in [0.2, 0.25) is 0 Å². The Hall–Kier alpha value is -3.40. The van der Waals surface area contributed by atoms with E-state index in [0.29, 0.717) is 11.3 Å². The molecule has 0 bridgehead atoms. The molecule has 1 aromatic heterocycles. The van der Waals surface area contributed by atoms with Crippen LogP contribution in [0, 0.1) is 5.82 Å². The highest BCUT2D eigenvalue weighted by molar-refractivity contribution is 7.99. The standard InChI is InChI=1S/C18H16FN5O3S/c1-27-17(26)11-6-8-12(9-7-11)21-15(25)10-28-18-23-22-16(24(18)20)13-4-2-3-5-14(13)19/h2-9H,10,20H2,1H3,(H,21,25). The van der Waals surface area contributed by atoms with Crippen molar-refractivity contribution in [3.63, 3.8) is 0 Å². The lowest BCUT2D eigenvalue weighted by Crippen LogP contribution is -2.16. The first-order valence-electron chi connectivity index (χ1n) is 8.06. The number of rotatable bonds is 6. The van der Waals surface area contributed by atoms with E-state index in [2.05, 4.69) is 20.3 Å². The fourth-order valence-corrected chi connectivity index (χ4v) is 2.99. The second-order valence-electron chi connectivity index (χ2n) is 5.56. The molecule has 28 heavy (non-hydrogen) atoms. The zero-order chi connectivity index (χ0) is 20.1. The van der Waals surface area contributed by atoms with Crippen LogP contribution in [-0.2, 0) is 9.53 Å². The molecule has 0 fully saturated rings. The Morgan fingerprint density at radius 1 is 1.18 bits per heavy atom. The van der Waals surface area contributed by atoms with Gasteiger partial charge in [0.05, 0.1) is 24.0 Å². The minimum Gasteiger partial charge on any atom is -0.465 e. The van der Waals surface area contributed by atoms with E-state index in [1.165, 1.54) is 13.2 Å². The summed E-state index contributed by atoms with van der Waals surface area (Å²) in [5.41, 5.74) is 1.13. The van der Waals surface area contributed by atoms with Gasteiger partial charge in [0.15, 0.2) is 5.82 Å². The predicted molar refractivity (Wildman–Crippen MR) is 103 cm³/mol. The number of benzene rings is 2. The fraction of sp³-hybridized carbons (Fsp3) is 0.111. The van der Waals surface area contributed by atoms with Gasteiger partial charge in [0.25, 0.3) is 0 Å². The molecule has 0 spiro atoms. The molecule has 0 aliphatic heterocycles. The molecule has 0 radical (unpaired) electrons. The van der Waals surface area contributed by atoms with Crippen molar-refractivity contribution in [2.24, 2.45) is 0 Å². The number of nitrogen functional groups attached to an aromatic ring is 1. The Bertz CT molecular complexity index is 1010. The van der Waals surface area contributed by atoms with Gasteiger partial charge in [-0.1, -0.05) is 23.9 Å². The van der Waals surface area contributed by atoms with Crippen LogP contribution >= 0.6 is 11.8 Å². The number of halogens is 1. The van der Waals surface area contributed by atoms with Crippen molar-refractivity contribution in [2.75, 3.05) is 24.0 Å². The zero-order valence-electron chi connectivity index (χ0n) is 14.8. The largest absolute Gasteiger partial charge is 0.465 e. The van der Waals surface area contributed by atoms with E-state index in [9.17, 15) is 14.0 Å². The number of nitrogens with zero attached hydrogens (tertiary/aromatic N) is 3. The summed E-state index contributed by atoms with van der Waals surface area (Å²) in [6.45, 7) is 0. The average molecular weight is 401 g/mol. The van der Waals surface area contributed by atoms with Crippen molar-refractivity contribution in [3.8, 4) is 11.4 Å². The van der Waals surface area contributed by atoms with Crippen molar-refractivity contribution >= 4 is 29.3 Å². The maximum Gasteiger partial charge on any atom is 0.337 e. The monoisotopic (exact) mass is 401 g/mol. The number of amides is 1. The number of hydrogen-bond acceptors (Lipinski definition) is 7. The molecular weight excluding hydrogens is 385 g/mol. The van der Waals surface area contributed by atoms with Gasteiger partial charge in [0, 0.05) is 5.69 Å². The average Bonchev–Trinajstić information content (AvgIpc) is 3.07. The summed E-state index contributed by atoms with van der Waals surface area (Å²) in [5, 5.41) is 10.8. The molecule has 144 valence electrons. The summed E-state index contributed by atoms with van der Waals surface area (Å²) in [7, 11) is 1.29. The Labute approximate surface area is 163 Å². The number of aromatic nitrogens is 3. The number of anilines is 1.